The van der Waals surface area contributed by atoms with Gasteiger partial charge in [0, 0.05) is 36.7 Å². The van der Waals surface area contributed by atoms with Crippen LogP contribution in [0.5, 0.6) is 5.75 Å². The first-order chi connectivity index (χ1) is 10.8. The molecule has 0 unspecified atom stereocenters. The maximum Gasteiger partial charge on any atom is 0.148 e. The molecule has 1 aromatic rings. The van der Waals surface area contributed by atoms with Gasteiger partial charge >= 0.3 is 0 Å². The maximum absolute atomic E-state index is 11.4. The molecule has 0 fully saturated rings. The maximum atomic E-state index is 11.4. The molecule has 0 saturated heterocycles. The van der Waals surface area contributed by atoms with Gasteiger partial charge in [0.05, 0.1) is 6.61 Å². The third kappa shape index (κ3) is 3.15. The van der Waals surface area contributed by atoms with E-state index in [1.165, 1.54) is 11.1 Å². The number of fused-ring (bicyclic) bond motifs is 1. The zero-order valence-corrected chi connectivity index (χ0v) is 14.7. The Morgan fingerprint density at radius 2 is 2.13 bits per heavy atom. The second kappa shape index (κ2) is 5.70. The molecule has 3 nitrogen and oxygen atoms in total. The molecule has 2 aliphatic heterocycles. The lowest BCUT2D eigenvalue weighted by atomic mass is 9.78. The summed E-state index contributed by atoms with van der Waals surface area (Å²) < 4.78 is 5.61. The van der Waals surface area contributed by atoms with E-state index < -0.39 is 0 Å². The predicted molar refractivity (Wildman–Crippen MR) is 92.8 cm³/mol. The Hall–Kier alpha value is -1.77. The summed E-state index contributed by atoms with van der Waals surface area (Å²) in [5.74, 6) is 1.03. The number of aldehydes is 1. The van der Waals surface area contributed by atoms with Crippen molar-refractivity contribution in [2.75, 3.05) is 19.7 Å². The van der Waals surface area contributed by atoms with Crippen molar-refractivity contribution < 1.29 is 9.53 Å². The Labute approximate surface area is 139 Å². The number of ether oxygens (including phenoxy) is 1. The molecule has 0 amide bonds. The van der Waals surface area contributed by atoms with Gasteiger partial charge in [-0.1, -0.05) is 39.8 Å². The van der Waals surface area contributed by atoms with Crippen LogP contribution < -0.4 is 4.74 Å². The first kappa shape index (κ1) is 16.1. The van der Waals surface area contributed by atoms with E-state index in [9.17, 15) is 4.79 Å². The standard InChI is InChI=1S/C20H27NO2/c1-19(2)8-9-21(12-17(19)13-22)14-20(3,4)16-5-6-18-15(11-16)7-10-23-18/h5-6,11-13H,7-10,14H2,1-4H3. The van der Waals surface area contributed by atoms with Crippen molar-refractivity contribution in [1.29, 1.82) is 0 Å². The molecular formula is C20H27NO2. The summed E-state index contributed by atoms with van der Waals surface area (Å²) in [6.45, 7) is 11.6. The molecule has 3 rings (SSSR count). The van der Waals surface area contributed by atoms with E-state index in [0.717, 1.165) is 50.1 Å². The number of rotatable bonds is 4. The smallest absolute Gasteiger partial charge is 0.148 e. The Bertz CT molecular complexity index is 643. The number of allylic oxidation sites excluding steroid dienone is 1. The van der Waals surface area contributed by atoms with Gasteiger partial charge < -0.3 is 9.64 Å². The molecule has 0 aromatic heterocycles. The molecule has 0 saturated carbocycles. The number of carbonyl (C=O) groups excluding carboxylic acids is 1. The van der Waals surface area contributed by atoms with Gasteiger partial charge in [-0.05, 0) is 29.0 Å². The molecule has 0 bridgehead atoms. The van der Waals surface area contributed by atoms with Crippen LogP contribution in [-0.4, -0.2) is 30.9 Å². The number of carbonyl (C=O) groups is 1. The molecule has 23 heavy (non-hydrogen) atoms. The van der Waals surface area contributed by atoms with Crippen molar-refractivity contribution in [3.8, 4) is 5.75 Å². The molecule has 0 aliphatic carbocycles. The highest BCUT2D eigenvalue weighted by Crippen LogP contribution is 2.36. The van der Waals surface area contributed by atoms with Crippen LogP contribution in [0, 0.1) is 5.41 Å². The van der Waals surface area contributed by atoms with E-state index in [1.807, 2.05) is 0 Å². The Kier molecular flexibility index (Phi) is 3.99. The summed E-state index contributed by atoms with van der Waals surface area (Å²) in [5.41, 5.74) is 3.59. The summed E-state index contributed by atoms with van der Waals surface area (Å²) >= 11 is 0. The summed E-state index contributed by atoms with van der Waals surface area (Å²) in [6.07, 6.45) is 5.11. The fourth-order valence-electron chi connectivity index (χ4n) is 3.52. The first-order valence-electron chi connectivity index (χ1n) is 8.50. The SMILES string of the molecule is CC1(C)CCN(CC(C)(C)c2ccc3c(c2)CCO3)C=C1C=O. The lowest BCUT2D eigenvalue weighted by molar-refractivity contribution is -0.106. The molecule has 0 spiro atoms. The number of benzene rings is 1. The van der Waals surface area contributed by atoms with E-state index in [1.54, 1.807) is 0 Å². The van der Waals surface area contributed by atoms with Gasteiger partial charge in [0.25, 0.3) is 0 Å². The predicted octanol–water partition coefficient (Wildman–Crippen LogP) is 3.71. The average Bonchev–Trinajstić information content (AvgIpc) is 2.96. The third-order valence-corrected chi connectivity index (χ3v) is 5.32. The zero-order chi connectivity index (χ0) is 16.7. The molecule has 0 radical (unpaired) electrons. The van der Waals surface area contributed by atoms with Crippen molar-refractivity contribution in [2.45, 2.75) is 46.0 Å². The van der Waals surface area contributed by atoms with Crippen LogP contribution in [0.4, 0.5) is 0 Å². The monoisotopic (exact) mass is 313 g/mol. The first-order valence-corrected chi connectivity index (χ1v) is 8.50. The van der Waals surface area contributed by atoms with Crippen molar-refractivity contribution in [3.05, 3.63) is 41.1 Å². The van der Waals surface area contributed by atoms with Gasteiger partial charge in [-0.25, -0.2) is 0 Å². The van der Waals surface area contributed by atoms with E-state index in [2.05, 4.69) is 57.0 Å². The fraction of sp³-hybridized carbons (Fsp3) is 0.550. The number of hydrogen-bond acceptors (Lipinski definition) is 3. The summed E-state index contributed by atoms with van der Waals surface area (Å²) in [7, 11) is 0. The van der Waals surface area contributed by atoms with Crippen LogP contribution in [0.15, 0.2) is 30.0 Å². The van der Waals surface area contributed by atoms with Crippen molar-refractivity contribution in [2.24, 2.45) is 5.41 Å². The molecule has 2 heterocycles. The summed E-state index contributed by atoms with van der Waals surface area (Å²) in [5, 5.41) is 0. The lowest BCUT2D eigenvalue weighted by Gasteiger charge is -2.39. The van der Waals surface area contributed by atoms with Crippen LogP contribution >= 0.6 is 0 Å². The van der Waals surface area contributed by atoms with E-state index >= 15 is 0 Å². The van der Waals surface area contributed by atoms with Crippen LogP contribution in [-0.2, 0) is 16.6 Å². The third-order valence-electron chi connectivity index (χ3n) is 5.32. The second-order valence-electron chi connectivity index (χ2n) is 8.11. The molecule has 0 N–H and O–H groups in total. The van der Waals surface area contributed by atoms with Crippen molar-refractivity contribution in [3.63, 3.8) is 0 Å². The molecule has 1 aromatic carbocycles. The van der Waals surface area contributed by atoms with Crippen LogP contribution in [0.1, 0.15) is 45.2 Å². The molecule has 124 valence electrons. The fourth-order valence-corrected chi connectivity index (χ4v) is 3.52. The number of nitrogens with zero attached hydrogens (tertiary/aromatic N) is 1. The van der Waals surface area contributed by atoms with E-state index in [4.69, 9.17) is 4.74 Å². The Morgan fingerprint density at radius 1 is 1.35 bits per heavy atom. The van der Waals surface area contributed by atoms with Gasteiger partial charge in [0.15, 0.2) is 0 Å². The van der Waals surface area contributed by atoms with Gasteiger partial charge in [-0.2, -0.15) is 0 Å². The average molecular weight is 313 g/mol. The van der Waals surface area contributed by atoms with Gasteiger partial charge in [-0.3, -0.25) is 4.79 Å². The zero-order valence-electron chi connectivity index (χ0n) is 14.7. The van der Waals surface area contributed by atoms with Crippen LogP contribution in [0.2, 0.25) is 0 Å². The highest BCUT2D eigenvalue weighted by Gasteiger charge is 2.31. The minimum absolute atomic E-state index is 0.00665. The topological polar surface area (TPSA) is 29.5 Å². The highest BCUT2D eigenvalue weighted by atomic mass is 16.5. The van der Waals surface area contributed by atoms with Crippen LogP contribution in [0.25, 0.3) is 0 Å². The normalized spacial score (nSPS) is 19.8. The molecule has 2 aliphatic rings. The Morgan fingerprint density at radius 3 is 2.87 bits per heavy atom. The van der Waals surface area contributed by atoms with Crippen molar-refractivity contribution >= 4 is 6.29 Å². The highest BCUT2D eigenvalue weighted by molar-refractivity contribution is 5.75. The minimum Gasteiger partial charge on any atom is -0.493 e. The van der Waals surface area contributed by atoms with E-state index in [-0.39, 0.29) is 10.8 Å². The Balaban J connectivity index is 1.80. The molecule has 3 heteroatoms. The van der Waals surface area contributed by atoms with Gasteiger partial charge in [0.2, 0.25) is 0 Å². The van der Waals surface area contributed by atoms with Gasteiger partial charge in [-0.15, -0.1) is 0 Å². The largest absolute Gasteiger partial charge is 0.493 e. The summed E-state index contributed by atoms with van der Waals surface area (Å²) in [6, 6.07) is 6.58. The molecule has 0 atom stereocenters. The summed E-state index contributed by atoms with van der Waals surface area (Å²) in [4.78, 5) is 13.7. The quantitative estimate of drug-likeness (QED) is 0.794. The minimum atomic E-state index is -0.00665. The number of hydrogen-bond donors (Lipinski definition) is 0. The van der Waals surface area contributed by atoms with E-state index in [0.29, 0.717) is 0 Å². The van der Waals surface area contributed by atoms with Crippen molar-refractivity contribution in [1.82, 2.24) is 4.90 Å². The second-order valence-corrected chi connectivity index (χ2v) is 8.11. The van der Waals surface area contributed by atoms with Crippen LogP contribution in [0.3, 0.4) is 0 Å². The van der Waals surface area contributed by atoms with Gasteiger partial charge in [0.1, 0.15) is 12.0 Å². The molecular weight excluding hydrogens is 286 g/mol. The lowest BCUT2D eigenvalue weighted by Crippen LogP contribution is -2.39.